The highest BCUT2D eigenvalue weighted by Crippen LogP contribution is 2.24. The summed E-state index contributed by atoms with van der Waals surface area (Å²) in [7, 11) is 0. The van der Waals surface area contributed by atoms with E-state index in [2.05, 4.69) is 26.2 Å². The van der Waals surface area contributed by atoms with E-state index in [1.54, 1.807) is 17.4 Å². The van der Waals surface area contributed by atoms with Crippen LogP contribution in [0.15, 0.2) is 28.2 Å². The molecule has 2 aromatic heterocycles. The summed E-state index contributed by atoms with van der Waals surface area (Å²) in [5.41, 5.74) is 1.57. The van der Waals surface area contributed by atoms with Gasteiger partial charge in [0.25, 0.3) is 0 Å². The molecule has 0 aliphatic heterocycles. The quantitative estimate of drug-likeness (QED) is 0.902. The number of pyridine rings is 1. The fraction of sp³-hybridized carbons (Fsp3) is 0.167. The lowest BCUT2D eigenvalue weighted by molar-refractivity contribution is 0.0697. The van der Waals surface area contributed by atoms with Gasteiger partial charge in [0.2, 0.25) is 0 Å². The molecule has 0 aliphatic carbocycles. The lowest BCUT2D eigenvalue weighted by Gasteiger charge is -2.08. The van der Waals surface area contributed by atoms with Crippen LogP contribution in [0.5, 0.6) is 0 Å². The first-order chi connectivity index (χ1) is 8.56. The molecule has 0 fully saturated rings. The molecule has 0 amide bonds. The number of halogens is 1. The molecule has 0 aliphatic rings. The summed E-state index contributed by atoms with van der Waals surface area (Å²) in [5.74, 6) is -0.975. The molecule has 4 nitrogen and oxygen atoms in total. The molecular weight excluding hydrogens is 316 g/mol. The molecule has 2 aromatic rings. The minimum Gasteiger partial charge on any atom is -0.478 e. The zero-order valence-electron chi connectivity index (χ0n) is 9.61. The summed E-state index contributed by atoms with van der Waals surface area (Å²) < 4.78 is 1.06. The molecule has 94 valence electrons. The number of carboxylic acid groups (broad SMARTS) is 1. The van der Waals surface area contributed by atoms with Crippen LogP contribution in [0.1, 0.15) is 20.9 Å². The van der Waals surface area contributed by atoms with Crippen molar-refractivity contribution in [1.29, 1.82) is 0 Å². The van der Waals surface area contributed by atoms with Crippen molar-refractivity contribution >= 4 is 38.9 Å². The predicted molar refractivity (Wildman–Crippen MR) is 75.3 cm³/mol. The van der Waals surface area contributed by atoms with Crippen LogP contribution in [-0.2, 0) is 6.54 Å². The number of aromatic carboxylic acids is 1. The smallest absolute Gasteiger partial charge is 0.339 e. The van der Waals surface area contributed by atoms with E-state index in [-0.39, 0.29) is 5.56 Å². The van der Waals surface area contributed by atoms with Gasteiger partial charge in [-0.05, 0) is 41.1 Å². The molecule has 2 N–H and O–H groups in total. The molecule has 0 radical (unpaired) electrons. The number of hydrogen-bond acceptors (Lipinski definition) is 4. The molecule has 0 aromatic carbocycles. The van der Waals surface area contributed by atoms with E-state index in [1.807, 2.05) is 19.1 Å². The van der Waals surface area contributed by atoms with Gasteiger partial charge in [-0.1, -0.05) is 0 Å². The number of hydrogen-bond donors (Lipinski definition) is 2. The number of carbonyl (C=O) groups is 1. The Morgan fingerprint density at radius 3 is 2.94 bits per heavy atom. The van der Waals surface area contributed by atoms with Crippen molar-refractivity contribution in [3.05, 3.63) is 44.3 Å². The Labute approximate surface area is 117 Å². The van der Waals surface area contributed by atoms with Crippen molar-refractivity contribution in [3.63, 3.8) is 0 Å². The highest BCUT2D eigenvalue weighted by atomic mass is 79.9. The largest absolute Gasteiger partial charge is 0.478 e. The first-order valence-corrected chi connectivity index (χ1v) is 6.85. The monoisotopic (exact) mass is 326 g/mol. The summed E-state index contributed by atoms with van der Waals surface area (Å²) in [6.07, 6.45) is 1.38. The SMILES string of the molecule is Cc1cc(NCc2ccc(Br)s2)c(C(=O)O)cn1. The van der Waals surface area contributed by atoms with E-state index in [0.29, 0.717) is 12.2 Å². The molecule has 18 heavy (non-hydrogen) atoms. The van der Waals surface area contributed by atoms with Crippen molar-refractivity contribution in [3.8, 4) is 0 Å². The van der Waals surface area contributed by atoms with Gasteiger partial charge in [-0.3, -0.25) is 4.98 Å². The predicted octanol–water partition coefficient (Wildman–Crippen LogP) is 3.52. The number of rotatable bonds is 4. The van der Waals surface area contributed by atoms with Crippen molar-refractivity contribution in [1.82, 2.24) is 4.98 Å². The molecule has 0 spiro atoms. The summed E-state index contributed by atoms with van der Waals surface area (Å²) >= 11 is 5.01. The van der Waals surface area contributed by atoms with Gasteiger partial charge < -0.3 is 10.4 Å². The van der Waals surface area contributed by atoms with Crippen LogP contribution in [0.3, 0.4) is 0 Å². The summed E-state index contributed by atoms with van der Waals surface area (Å²) in [5, 5.41) is 12.2. The zero-order chi connectivity index (χ0) is 13.1. The standard InChI is InChI=1S/C12H11BrN2O2S/c1-7-4-10(9(6-14-7)12(16)17)15-5-8-2-3-11(13)18-8/h2-4,6H,5H2,1H3,(H,14,15)(H,16,17). The normalized spacial score (nSPS) is 10.3. The maximum Gasteiger partial charge on any atom is 0.339 e. The Hall–Kier alpha value is -1.40. The van der Waals surface area contributed by atoms with Crippen molar-refractivity contribution < 1.29 is 9.90 Å². The minimum absolute atomic E-state index is 0.191. The Kier molecular flexibility index (Phi) is 3.98. The maximum absolute atomic E-state index is 11.1. The van der Waals surface area contributed by atoms with E-state index >= 15 is 0 Å². The highest BCUT2D eigenvalue weighted by molar-refractivity contribution is 9.11. The number of nitrogens with zero attached hydrogens (tertiary/aromatic N) is 1. The highest BCUT2D eigenvalue weighted by Gasteiger charge is 2.10. The fourth-order valence-corrected chi connectivity index (χ4v) is 2.93. The zero-order valence-corrected chi connectivity index (χ0v) is 12.0. The number of aromatic nitrogens is 1. The second-order valence-corrected chi connectivity index (χ2v) is 6.28. The van der Waals surface area contributed by atoms with Crippen molar-refractivity contribution in [2.75, 3.05) is 5.32 Å². The lowest BCUT2D eigenvalue weighted by Crippen LogP contribution is -2.07. The molecule has 0 unspecified atom stereocenters. The van der Waals surface area contributed by atoms with Crippen molar-refractivity contribution in [2.24, 2.45) is 0 Å². The molecule has 0 saturated heterocycles. The molecule has 2 heterocycles. The maximum atomic E-state index is 11.1. The third-order valence-electron chi connectivity index (χ3n) is 2.35. The van der Waals surface area contributed by atoms with E-state index in [0.717, 1.165) is 14.4 Å². The van der Waals surface area contributed by atoms with E-state index in [1.165, 1.54) is 6.20 Å². The minimum atomic E-state index is -0.975. The first kappa shape index (κ1) is 13.0. The van der Waals surface area contributed by atoms with Crippen LogP contribution in [0.25, 0.3) is 0 Å². The van der Waals surface area contributed by atoms with Gasteiger partial charge in [-0.25, -0.2) is 4.79 Å². The molecule has 6 heteroatoms. The molecular formula is C12H11BrN2O2S. The number of aryl methyl sites for hydroxylation is 1. The Morgan fingerprint density at radius 1 is 1.56 bits per heavy atom. The average Bonchev–Trinajstić information content (AvgIpc) is 2.72. The van der Waals surface area contributed by atoms with Gasteiger partial charge in [0.1, 0.15) is 5.56 Å². The Balaban J connectivity index is 2.17. The van der Waals surface area contributed by atoms with Crippen LogP contribution in [0, 0.1) is 6.92 Å². The first-order valence-electron chi connectivity index (χ1n) is 5.24. The van der Waals surface area contributed by atoms with E-state index in [4.69, 9.17) is 5.11 Å². The van der Waals surface area contributed by atoms with Crippen LogP contribution in [-0.4, -0.2) is 16.1 Å². The Bertz CT molecular complexity index is 583. The summed E-state index contributed by atoms with van der Waals surface area (Å²) in [4.78, 5) is 16.2. The summed E-state index contributed by atoms with van der Waals surface area (Å²) in [6.45, 7) is 2.43. The number of thiophene rings is 1. The van der Waals surface area contributed by atoms with Gasteiger partial charge in [0.15, 0.2) is 0 Å². The third-order valence-corrected chi connectivity index (χ3v) is 3.98. The van der Waals surface area contributed by atoms with Crippen LogP contribution < -0.4 is 5.32 Å². The van der Waals surface area contributed by atoms with Gasteiger partial charge in [0, 0.05) is 23.3 Å². The number of carboxylic acids is 1. The van der Waals surface area contributed by atoms with E-state index in [9.17, 15) is 4.79 Å². The third kappa shape index (κ3) is 3.08. The topological polar surface area (TPSA) is 62.2 Å². The number of nitrogens with one attached hydrogen (secondary N) is 1. The van der Waals surface area contributed by atoms with Crippen LogP contribution in [0.2, 0.25) is 0 Å². The van der Waals surface area contributed by atoms with Gasteiger partial charge >= 0.3 is 5.97 Å². The van der Waals surface area contributed by atoms with Gasteiger partial charge in [-0.15, -0.1) is 11.3 Å². The second-order valence-electron chi connectivity index (χ2n) is 3.74. The van der Waals surface area contributed by atoms with Gasteiger partial charge in [-0.2, -0.15) is 0 Å². The molecule has 0 saturated carbocycles. The van der Waals surface area contributed by atoms with Crippen LogP contribution >= 0.6 is 27.3 Å². The lowest BCUT2D eigenvalue weighted by atomic mass is 10.2. The second kappa shape index (κ2) is 5.49. The van der Waals surface area contributed by atoms with Crippen molar-refractivity contribution in [2.45, 2.75) is 13.5 Å². The van der Waals surface area contributed by atoms with Gasteiger partial charge in [0.05, 0.1) is 9.47 Å². The fourth-order valence-electron chi connectivity index (χ4n) is 1.51. The number of anilines is 1. The van der Waals surface area contributed by atoms with Crippen LogP contribution in [0.4, 0.5) is 5.69 Å². The van der Waals surface area contributed by atoms with E-state index < -0.39 is 5.97 Å². The Morgan fingerprint density at radius 2 is 2.33 bits per heavy atom. The molecule has 2 rings (SSSR count). The average molecular weight is 327 g/mol. The summed E-state index contributed by atoms with van der Waals surface area (Å²) in [6, 6.07) is 5.71. The molecule has 0 atom stereocenters. The molecule has 0 bridgehead atoms.